The lowest BCUT2D eigenvalue weighted by molar-refractivity contribution is -0.0444. The fourth-order valence-electron chi connectivity index (χ4n) is 4.12. The quantitative estimate of drug-likeness (QED) is 0.867. The van der Waals surface area contributed by atoms with Crippen LogP contribution in [0.4, 0.5) is 0 Å². The lowest BCUT2D eigenvalue weighted by Gasteiger charge is -2.37. The molecule has 2 aliphatic rings. The standard InChI is InChI=1S/C19H24N2O3/c1-23-11-9-20-13-15(14-5-2-3-6-16(14)20)19(22)21-10-12-24-18-8-4-7-17(18)21/h2-3,5-6,13,17-18H,4,7-12H2,1H3/t17-,18-/m1/s1. The van der Waals surface area contributed by atoms with Gasteiger partial charge in [0.05, 0.1) is 30.9 Å². The first-order valence-corrected chi connectivity index (χ1v) is 8.79. The second-order valence-electron chi connectivity index (χ2n) is 6.65. The first-order chi connectivity index (χ1) is 11.8. The number of carbonyl (C=O) groups excluding carboxylic acids is 1. The third-order valence-corrected chi connectivity index (χ3v) is 5.30. The molecule has 1 amide bonds. The second-order valence-corrected chi connectivity index (χ2v) is 6.65. The summed E-state index contributed by atoms with van der Waals surface area (Å²) in [6.07, 6.45) is 5.49. The summed E-state index contributed by atoms with van der Waals surface area (Å²) in [7, 11) is 1.70. The van der Waals surface area contributed by atoms with Gasteiger partial charge in [-0.15, -0.1) is 0 Å². The van der Waals surface area contributed by atoms with Gasteiger partial charge in [0.1, 0.15) is 0 Å². The summed E-state index contributed by atoms with van der Waals surface area (Å²) in [5.41, 5.74) is 1.89. The number of ether oxygens (including phenoxy) is 2. The van der Waals surface area contributed by atoms with Crippen molar-refractivity contribution in [3.05, 3.63) is 36.0 Å². The van der Waals surface area contributed by atoms with Gasteiger partial charge in [0, 0.05) is 37.3 Å². The Morgan fingerprint density at radius 1 is 1.33 bits per heavy atom. The number of amides is 1. The van der Waals surface area contributed by atoms with Crippen molar-refractivity contribution in [2.75, 3.05) is 26.9 Å². The average molecular weight is 328 g/mol. The van der Waals surface area contributed by atoms with Crippen LogP contribution in [0.5, 0.6) is 0 Å². The van der Waals surface area contributed by atoms with Crippen LogP contribution in [0.2, 0.25) is 0 Å². The van der Waals surface area contributed by atoms with Crippen LogP contribution in [0.1, 0.15) is 29.6 Å². The molecule has 1 aliphatic carbocycles. The fraction of sp³-hybridized carbons (Fsp3) is 0.526. The number of fused-ring (bicyclic) bond motifs is 2. The van der Waals surface area contributed by atoms with Gasteiger partial charge in [-0.1, -0.05) is 18.2 Å². The van der Waals surface area contributed by atoms with E-state index >= 15 is 0 Å². The summed E-state index contributed by atoms with van der Waals surface area (Å²) in [4.78, 5) is 15.3. The Hall–Kier alpha value is -1.85. The Balaban J connectivity index is 1.69. The highest BCUT2D eigenvalue weighted by molar-refractivity contribution is 6.07. The monoisotopic (exact) mass is 328 g/mol. The molecule has 0 bridgehead atoms. The molecule has 1 saturated carbocycles. The smallest absolute Gasteiger partial charge is 0.256 e. The molecule has 5 nitrogen and oxygen atoms in total. The van der Waals surface area contributed by atoms with E-state index in [1.807, 2.05) is 29.3 Å². The van der Waals surface area contributed by atoms with E-state index in [-0.39, 0.29) is 18.1 Å². The Kier molecular flexibility index (Phi) is 4.29. The van der Waals surface area contributed by atoms with Gasteiger partial charge in [-0.25, -0.2) is 0 Å². The molecule has 2 fully saturated rings. The molecule has 0 spiro atoms. The van der Waals surface area contributed by atoms with Gasteiger partial charge in [0.15, 0.2) is 0 Å². The lowest BCUT2D eigenvalue weighted by Crippen LogP contribution is -2.51. The number of methoxy groups -OCH3 is 1. The number of hydrogen-bond acceptors (Lipinski definition) is 3. The maximum atomic E-state index is 13.3. The number of hydrogen-bond donors (Lipinski definition) is 0. The van der Waals surface area contributed by atoms with E-state index in [0.717, 1.165) is 42.3 Å². The molecule has 1 aliphatic heterocycles. The summed E-state index contributed by atoms with van der Waals surface area (Å²) < 4.78 is 13.2. The molecule has 0 N–H and O–H groups in total. The van der Waals surface area contributed by atoms with Gasteiger partial charge in [-0.2, -0.15) is 0 Å². The Labute approximate surface area is 142 Å². The Morgan fingerprint density at radius 3 is 3.08 bits per heavy atom. The highest BCUT2D eigenvalue weighted by Crippen LogP contribution is 2.32. The number of nitrogens with zero attached hydrogens (tertiary/aromatic N) is 2. The average Bonchev–Trinajstić information content (AvgIpc) is 3.24. The third kappa shape index (κ3) is 2.62. The molecule has 24 heavy (non-hydrogen) atoms. The number of rotatable bonds is 4. The lowest BCUT2D eigenvalue weighted by atomic mass is 10.1. The van der Waals surface area contributed by atoms with Crippen LogP contribution in [0.15, 0.2) is 30.5 Å². The predicted octanol–water partition coefficient (Wildman–Crippen LogP) is 2.68. The Bertz CT molecular complexity index is 739. The summed E-state index contributed by atoms with van der Waals surface area (Å²) >= 11 is 0. The zero-order valence-corrected chi connectivity index (χ0v) is 14.1. The molecule has 1 aromatic carbocycles. The zero-order chi connectivity index (χ0) is 16.5. The van der Waals surface area contributed by atoms with Gasteiger partial charge in [0.2, 0.25) is 0 Å². The molecule has 5 heteroatoms. The normalized spacial score (nSPS) is 23.6. The number of carbonyl (C=O) groups is 1. The van der Waals surface area contributed by atoms with Crippen LogP contribution >= 0.6 is 0 Å². The summed E-state index contributed by atoms with van der Waals surface area (Å²) in [6.45, 7) is 2.72. The largest absolute Gasteiger partial charge is 0.383 e. The minimum absolute atomic E-state index is 0.141. The molecule has 2 atom stereocenters. The van der Waals surface area contributed by atoms with Gasteiger partial charge in [-0.3, -0.25) is 4.79 Å². The van der Waals surface area contributed by atoms with Crippen molar-refractivity contribution >= 4 is 16.8 Å². The molecule has 0 unspecified atom stereocenters. The molecular formula is C19H24N2O3. The molecule has 128 valence electrons. The van der Waals surface area contributed by atoms with Gasteiger partial charge >= 0.3 is 0 Å². The minimum Gasteiger partial charge on any atom is -0.383 e. The number of aromatic nitrogens is 1. The first kappa shape index (κ1) is 15.7. The van der Waals surface area contributed by atoms with Gasteiger partial charge in [0.25, 0.3) is 5.91 Å². The molecular weight excluding hydrogens is 304 g/mol. The summed E-state index contributed by atoms with van der Waals surface area (Å²) in [5.74, 6) is 0.141. The molecule has 4 rings (SSSR count). The van der Waals surface area contributed by atoms with E-state index in [2.05, 4.69) is 10.6 Å². The first-order valence-electron chi connectivity index (χ1n) is 8.79. The van der Waals surface area contributed by atoms with Crippen LogP contribution < -0.4 is 0 Å². The fourth-order valence-corrected chi connectivity index (χ4v) is 4.12. The van der Waals surface area contributed by atoms with E-state index in [1.165, 1.54) is 0 Å². The summed E-state index contributed by atoms with van der Waals surface area (Å²) in [5, 5.41) is 1.03. The number of morpholine rings is 1. The van der Waals surface area contributed by atoms with Crippen LogP contribution in [0.3, 0.4) is 0 Å². The molecule has 2 aromatic rings. The van der Waals surface area contributed by atoms with Crippen molar-refractivity contribution in [1.82, 2.24) is 9.47 Å². The van der Waals surface area contributed by atoms with Crippen molar-refractivity contribution < 1.29 is 14.3 Å². The highest BCUT2D eigenvalue weighted by atomic mass is 16.5. The van der Waals surface area contributed by atoms with Crippen molar-refractivity contribution in [3.8, 4) is 0 Å². The van der Waals surface area contributed by atoms with Crippen LogP contribution in [0.25, 0.3) is 10.9 Å². The molecule has 1 saturated heterocycles. The van der Waals surface area contributed by atoms with Crippen LogP contribution in [-0.2, 0) is 16.0 Å². The van der Waals surface area contributed by atoms with Crippen LogP contribution in [-0.4, -0.2) is 54.4 Å². The maximum Gasteiger partial charge on any atom is 0.256 e. The number of para-hydroxylation sites is 1. The van der Waals surface area contributed by atoms with Crippen molar-refractivity contribution in [1.29, 1.82) is 0 Å². The third-order valence-electron chi connectivity index (χ3n) is 5.30. The summed E-state index contributed by atoms with van der Waals surface area (Å²) in [6, 6.07) is 8.36. The topological polar surface area (TPSA) is 43.7 Å². The van der Waals surface area contributed by atoms with Gasteiger partial charge in [-0.05, 0) is 25.3 Å². The van der Waals surface area contributed by atoms with Crippen molar-refractivity contribution in [2.24, 2.45) is 0 Å². The maximum absolute atomic E-state index is 13.3. The van der Waals surface area contributed by atoms with E-state index in [0.29, 0.717) is 19.8 Å². The van der Waals surface area contributed by atoms with Gasteiger partial charge < -0.3 is 18.9 Å². The van der Waals surface area contributed by atoms with E-state index in [1.54, 1.807) is 7.11 Å². The molecule has 2 heterocycles. The van der Waals surface area contributed by atoms with E-state index in [9.17, 15) is 4.79 Å². The van der Waals surface area contributed by atoms with Crippen molar-refractivity contribution in [3.63, 3.8) is 0 Å². The zero-order valence-electron chi connectivity index (χ0n) is 14.1. The predicted molar refractivity (Wildman–Crippen MR) is 92.2 cm³/mol. The van der Waals surface area contributed by atoms with E-state index < -0.39 is 0 Å². The minimum atomic E-state index is 0.141. The number of benzene rings is 1. The Morgan fingerprint density at radius 2 is 2.21 bits per heavy atom. The molecule has 0 radical (unpaired) electrons. The van der Waals surface area contributed by atoms with Crippen LogP contribution in [0, 0.1) is 0 Å². The van der Waals surface area contributed by atoms with E-state index in [4.69, 9.17) is 9.47 Å². The SMILES string of the molecule is COCCn1cc(C(=O)N2CCO[C@@H]3CCC[C@H]32)c2ccccc21. The molecule has 1 aromatic heterocycles. The van der Waals surface area contributed by atoms with Crippen molar-refractivity contribution in [2.45, 2.75) is 38.0 Å². The highest BCUT2D eigenvalue weighted by Gasteiger charge is 2.39. The second kappa shape index (κ2) is 6.57.